The molecule has 0 saturated heterocycles. The van der Waals surface area contributed by atoms with Crippen molar-refractivity contribution < 1.29 is 4.39 Å². The van der Waals surface area contributed by atoms with E-state index in [4.69, 9.17) is 11.6 Å². The Bertz CT molecular complexity index is 3490. The number of hydrogen-bond donors (Lipinski definition) is 0. The second-order valence-corrected chi connectivity index (χ2v) is 20.2. The van der Waals surface area contributed by atoms with Crippen LogP contribution in [0.4, 0.5) is 10.1 Å². The van der Waals surface area contributed by atoms with Crippen molar-refractivity contribution in [3.8, 4) is 0 Å². The van der Waals surface area contributed by atoms with Gasteiger partial charge in [0.2, 0.25) is 0 Å². The number of nitrogens with zero attached hydrogens (tertiary/aromatic N) is 7. The van der Waals surface area contributed by atoms with Gasteiger partial charge in [-0.3, -0.25) is 15.0 Å². The minimum absolute atomic E-state index is 0.254. The van der Waals surface area contributed by atoms with Gasteiger partial charge in [-0.25, -0.2) is 19.3 Å². The Labute approximate surface area is 434 Å². The Morgan fingerprint density at radius 3 is 1.66 bits per heavy atom. The van der Waals surface area contributed by atoms with Crippen LogP contribution in [0.25, 0.3) is 54.4 Å². The van der Waals surface area contributed by atoms with Crippen molar-refractivity contribution in [3.63, 3.8) is 0 Å². The van der Waals surface area contributed by atoms with E-state index in [9.17, 15) is 4.39 Å². The van der Waals surface area contributed by atoms with Crippen molar-refractivity contribution in [2.75, 3.05) is 18.5 Å². The maximum Gasteiger partial charge on any atom is 0.149 e. The molecule has 13 rings (SSSR count). The molecule has 7 nitrogen and oxygen atoms in total. The number of fused-ring (bicyclic) bond motifs is 6. The average molecular weight is 985 g/mol. The molecule has 1 aliphatic carbocycles. The summed E-state index contributed by atoms with van der Waals surface area (Å²) in [6, 6.07) is 46.2. The molecular weight excluding hydrogens is 921 g/mol. The van der Waals surface area contributed by atoms with Gasteiger partial charge in [-0.2, -0.15) is 0 Å². The zero-order valence-corrected chi connectivity index (χ0v) is 44.1. The Morgan fingerprint density at radius 1 is 0.452 bits per heavy atom. The van der Waals surface area contributed by atoms with E-state index in [0.29, 0.717) is 16.0 Å². The quantitative estimate of drug-likeness (QED) is 0.150. The first kappa shape index (κ1) is 51.7. The molecule has 0 radical (unpaired) electrons. The second-order valence-electron chi connectivity index (χ2n) is 19.8. The van der Waals surface area contributed by atoms with Crippen LogP contribution < -0.4 is 4.90 Å². The summed E-state index contributed by atoms with van der Waals surface area (Å²) < 4.78 is 13.1. The van der Waals surface area contributed by atoms with E-state index >= 15 is 0 Å². The van der Waals surface area contributed by atoms with Gasteiger partial charge in [-0.1, -0.05) is 119 Å². The second kappa shape index (κ2) is 23.2. The van der Waals surface area contributed by atoms with E-state index in [1.165, 1.54) is 92.8 Å². The molecule has 1 spiro atoms. The van der Waals surface area contributed by atoms with Crippen LogP contribution in [0.15, 0.2) is 171 Å². The summed E-state index contributed by atoms with van der Waals surface area (Å²) in [5.41, 5.74) is 17.5. The number of halogens is 2. The molecular formula is C64H63ClFN7. The number of pyridine rings is 2. The third kappa shape index (κ3) is 14.1. The number of aryl methyl sites for hydroxylation is 8. The number of anilines is 1. The van der Waals surface area contributed by atoms with Gasteiger partial charge in [0.05, 0.1) is 34.5 Å². The van der Waals surface area contributed by atoms with Gasteiger partial charge in [-0.05, 0) is 167 Å². The first-order valence-electron chi connectivity index (χ1n) is 24.7. The van der Waals surface area contributed by atoms with Gasteiger partial charge in [0.1, 0.15) is 17.3 Å². The summed E-state index contributed by atoms with van der Waals surface area (Å²) in [6.07, 6.45) is 13.9. The largest absolute Gasteiger partial charge is 0.374 e. The number of hydrogen-bond acceptors (Lipinski definition) is 7. The van der Waals surface area contributed by atoms with E-state index < -0.39 is 0 Å². The summed E-state index contributed by atoms with van der Waals surface area (Å²) in [5, 5.41) is 6.92. The van der Waals surface area contributed by atoms with Crippen molar-refractivity contribution in [1.29, 1.82) is 0 Å². The first-order valence-corrected chi connectivity index (χ1v) is 25.1. The van der Waals surface area contributed by atoms with Crippen molar-refractivity contribution in [1.82, 2.24) is 29.9 Å². The topological polar surface area (TPSA) is 80.6 Å². The molecule has 1 aliphatic heterocycles. The number of aromatic nitrogens is 6. The highest BCUT2D eigenvalue weighted by Gasteiger charge is 2.46. The zero-order valence-electron chi connectivity index (χ0n) is 43.4. The van der Waals surface area contributed by atoms with Gasteiger partial charge < -0.3 is 4.90 Å². The fourth-order valence-corrected chi connectivity index (χ4v) is 9.15. The molecule has 73 heavy (non-hydrogen) atoms. The maximum absolute atomic E-state index is 13.1. The van der Waals surface area contributed by atoms with Crippen molar-refractivity contribution in [3.05, 3.63) is 232 Å². The summed E-state index contributed by atoms with van der Waals surface area (Å²) >= 11 is 5.68. The smallest absolute Gasteiger partial charge is 0.149 e. The molecule has 4 aromatic heterocycles. The van der Waals surface area contributed by atoms with Crippen LogP contribution in [0.3, 0.4) is 0 Å². The highest BCUT2D eigenvalue weighted by Crippen LogP contribution is 2.53. The molecule has 9 heteroatoms. The van der Waals surface area contributed by atoms with Gasteiger partial charge in [0, 0.05) is 59.4 Å². The average Bonchev–Trinajstić information content (AvgIpc) is 4.12. The minimum atomic E-state index is -0.254. The van der Waals surface area contributed by atoms with Crippen LogP contribution in [0.5, 0.6) is 0 Å². The molecule has 368 valence electrons. The van der Waals surface area contributed by atoms with Gasteiger partial charge in [0.25, 0.3) is 0 Å². The molecule has 0 bridgehead atoms. The Morgan fingerprint density at radius 2 is 0.973 bits per heavy atom. The summed E-state index contributed by atoms with van der Waals surface area (Å²) in [5.74, 6) is -0.254. The summed E-state index contributed by atoms with van der Waals surface area (Å²) in [7, 11) is 2.23. The molecule has 11 aromatic rings. The molecule has 0 atom stereocenters. The van der Waals surface area contributed by atoms with Crippen LogP contribution in [-0.2, 0) is 6.42 Å². The number of benzene rings is 7. The molecule has 1 fully saturated rings. The van der Waals surface area contributed by atoms with Gasteiger partial charge in [0.15, 0.2) is 0 Å². The third-order valence-corrected chi connectivity index (χ3v) is 13.3. The van der Waals surface area contributed by atoms with Crippen molar-refractivity contribution in [2.45, 2.75) is 74.7 Å². The lowest BCUT2D eigenvalue weighted by atomic mass is 9.89. The maximum atomic E-state index is 13.1. The lowest BCUT2D eigenvalue weighted by Crippen LogP contribution is -2.33. The molecule has 7 aromatic carbocycles. The van der Waals surface area contributed by atoms with E-state index in [2.05, 4.69) is 174 Å². The van der Waals surface area contributed by atoms with E-state index in [1.807, 2.05) is 68.7 Å². The summed E-state index contributed by atoms with van der Waals surface area (Å²) in [4.78, 5) is 26.9. The van der Waals surface area contributed by atoms with Crippen LogP contribution in [-0.4, -0.2) is 43.5 Å². The van der Waals surface area contributed by atoms with E-state index in [0.717, 1.165) is 38.4 Å². The Kier molecular flexibility index (Phi) is 16.5. The zero-order chi connectivity index (χ0) is 51.6. The minimum Gasteiger partial charge on any atom is -0.374 e. The lowest BCUT2D eigenvalue weighted by Gasteiger charge is -2.34. The molecule has 0 N–H and O–H groups in total. The van der Waals surface area contributed by atoms with Gasteiger partial charge in [-0.15, -0.1) is 0 Å². The lowest BCUT2D eigenvalue weighted by molar-refractivity contribution is 0.487. The van der Waals surface area contributed by atoms with Crippen LogP contribution in [0.1, 0.15) is 62.9 Å². The van der Waals surface area contributed by atoms with Gasteiger partial charge >= 0.3 is 0 Å². The van der Waals surface area contributed by atoms with Crippen LogP contribution in [0, 0.1) is 66.6 Å². The first-order chi connectivity index (χ1) is 35.1. The normalized spacial score (nSPS) is 12.7. The highest BCUT2D eigenvalue weighted by atomic mass is 35.5. The standard InChI is InChI=1S/C13H17N.C12H12.C11H11N.C10H8FN.C9H7ClN2.C9H8N2/c1-10-3-4-11-8-13(5-6-13)9-14(2)12(11)7-10;1-9-3-5-12-8-10(2)4-6-11(12)7-9;1-8-3-4-11-10(5-8)6-9(2)7-12-11;1-7-2-3-8-5-12-6-10(11)9(8)4-7;1-6-2-3-7-8(4-6)11-5-9(10)12-7;1-7-2-3-8-5-10-6-11-9(8)4-7/h3-4,7H,5-6,8-9H2,1-2H3;3-8H,1-2H3;3-7H,1-2H3;2-6H,1H3;2-5H,1H3;2-6H,1H3. The van der Waals surface area contributed by atoms with E-state index in [-0.39, 0.29) is 5.82 Å². The third-order valence-electron chi connectivity index (χ3n) is 13.1. The Balaban J connectivity index is 0.000000117. The molecule has 0 unspecified atom stereocenters. The van der Waals surface area contributed by atoms with Crippen molar-refractivity contribution >= 4 is 71.7 Å². The van der Waals surface area contributed by atoms with Crippen LogP contribution in [0.2, 0.25) is 5.15 Å². The molecule has 0 amide bonds. The Hall–Kier alpha value is -7.68. The highest BCUT2D eigenvalue weighted by molar-refractivity contribution is 6.29. The molecule has 5 heterocycles. The van der Waals surface area contributed by atoms with Crippen LogP contribution >= 0.6 is 11.6 Å². The monoisotopic (exact) mass is 983 g/mol. The number of rotatable bonds is 0. The summed E-state index contributed by atoms with van der Waals surface area (Å²) in [6.45, 7) is 17.9. The fourth-order valence-electron chi connectivity index (χ4n) is 9.01. The van der Waals surface area contributed by atoms with E-state index in [1.54, 1.807) is 24.3 Å². The SMILES string of the molecule is Cc1ccc2c(c1)N(C)CC1(CC1)C2.Cc1ccc2cc(C)ccc2c1.Cc1ccc2cncc(F)c2c1.Cc1ccc2cncnc2c1.Cc1ccc2nc(Cl)cnc2c1.Cc1ccc2ncc(C)cc2c1. The fraction of sp³-hybridized carbons (Fsp3) is 0.219. The molecule has 1 saturated carbocycles. The molecule has 2 aliphatic rings. The van der Waals surface area contributed by atoms with Crippen molar-refractivity contribution in [2.24, 2.45) is 5.41 Å². The predicted molar refractivity (Wildman–Crippen MR) is 304 cm³/mol. The predicted octanol–water partition coefficient (Wildman–Crippen LogP) is 16.3.